The molecule has 1 fully saturated rings. The molecule has 0 aliphatic carbocycles. The summed E-state index contributed by atoms with van der Waals surface area (Å²) in [4.78, 5) is 11.5. The van der Waals surface area contributed by atoms with Gasteiger partial charge in [0.15, 0.2) is 0 Å². The lowest BCUT2D eigenvalue weighted by Gasteiger charge is -2.12. The van der Waals surface area contributed by atoms with Crippen LogP contribution in [0, 0.1) is 5.82 Å². The Bertz CT molecular complexity index is 377. The van der Waals surface area contributed by atoms with Crippen LogP contribution in [-0.2, 0) is 0 Å². The quantitative estimate of drug-likeness (QED) is 0.708. The number of halogens is 1. The van der Waals surface area contributed by atoms with Gasteiger partial charge in [-0.25, -0.2) is 9.18 Å². The minimum atomic E-state index is -0.429. The van der Waals surface area contributed by atoms with E-state index in [0.717, 1.165) is 19.5 Å². The lowest BCUT2D eigenvalue weighted by Crippen LogP contribution is -2.39. The summed E-state index contributed by atoms with van der Waals surface area (Å²) in [7, 11) is 0. The number of amides is 2. The van der Waals surface area contributed by atoms with E-state index in [2.05, 4.69) is 16.0 Å². The lowest BCUT2D eigenvalue weighted by atomic mass is 10.2. The van der Waals surface area contributed by atoms with Crippen molar-refractivity contribution >= 4 is 11.7 Å². The molecule has 1 heterocycles. The molecule has 0 radical (unpaired) electrons. The number of urea groups is 1. The Morgan fingerprint density at radius 2 is 2.25 bits per heavy atom. The van der Waals surface area contributed by atoms with Gasteiger partial charge >= 0.3 is 6.03 Å². The standard InChI is InChI=1S/C11H14FN3O/c12-9-3-1-2-4-10(9)15-11(16)14-8-5-6-13-7-8/h1-4,8,13H,5-7H2,(H2,14,15,16)/t8-/m1/s1. The van der Waals surface area contributed by atoms with Crippen LogP contribution in [0.15, 0.2) is 24.3 Å². The molecule has 1 aliphatic heterocycles. The molecule has 2 amide bonds. The highest BCUT2D eigenvalue weighted by atomic mass is 19.1. The average molecular weight is 223 g/mol. The molecule has 0 bridgehead atoms. The molecular formula is C11H14FN3O. The van der Waals surface area contributed by atoms with Crippen LogP contribution < -0.4 is 16.0 Å². The number of carbonyl (C=O) groups is 1. The third-order valence-corrected chi connectivity index (χ3v) is 2.52. The molecule has 86 valence electrons. The highest BCUT2D eigenvalue weighted by molar-refractivity contribution is 5.89. The van der Waals surface area contributed by atoms with Crippen molar-refractivity contribution in [3.63, 3.8) is 0 Å². The molecule has 0 saturated carbocycles. The fourth-order valence-electron chi connectivity index (χ4n) is 1.68. The van der Waals surface area contributed by atoms with E-state index in [-0.39, 0.29) is 17.8 Å². The Kier molecular flexibility index (Phi) is 3.36. The maximum Gasteiger partial charge on any atom is 0.319 e. The Hall–Kier alpha value is -1.62. The first-order valence-electron chi connectivity index (χ1n) is 5.28. The van der Waals surface area contributed by atoms with Crippen LogP contribution in [0.4, 0.5) is 14.9 Å². The van der Waals surface area contributed by atoms with Crippen molar-refractivity contribution in [2.45, 2.75) is 12.5 Å². The number of anilines is 1. The number of hydrogen-bond acceptors (Lipinski definition) is 2. The number of nitrogens with one attached hydrogen (secondary N) is 3. The van der Waals surface area contributed by atoms with E-state index in [4.69, 9.17) is 0 Å². The summed E-state index contributed by atoms with van der Waals surface area (Å²) in [5.41, 5.74) is 0.200. The smallest absolute Gasteiger partial charge is 0.319 e. The van der Waals surface area contributed by atoms with Crippen LogP contribution >= 0.6 is 0 Å². The lowest BCUT2D eigenvalue weighted by molar-refractivity contribution is 0.249. The zero-order valence-corrected chi connectivity index (χ0v) is 8.79. The van der Waals surface area contributed by atoms with E-state index in [1.807, 2.05) is 0 Å². The zero-order chi connectivity index (χ0) is 11.4. The van der Waals surface area contributed by atoms with E-state index in [1.165, 1.54) is 12.1 Å². The fraction of sp³-hybridized carbons (Fsp3) is 0.364. The minimum absolute atomic E-state index is 0.131. The van der Waals surface area contributed by atoms with Gasteiger partial charge in [-0.15, -0.1) is 0 Å². The first kappa shape index (κ1) is 10.9. The molecule has 1 aromatic rings. The summed E-state index contributed by atoms with van der Waals surface area (Å²) in [6.45, 7) is 1.68. The van der Waals surface area contributed by atoms with Gasteiger partial charge in [0.2, 0.25) is 0 Å². The summed E-state index contributed by atoms with van der Waals surface area (Å²) in [5.74, 6) is -0.429. The SMILES string of the molecule is O=C(Nc1ccccc1F)N[C@@H]1CCNC1. The summed E-state index contributed by atoms with van der Waals surface area (Å²) >= 11 is 0. The molecule has 0 unspecified atom stereocenters. The largest absolute Gasteiger partial charge is 0.334 e. The van der Waals surface area contributed by atoms with Crippen LogP contribution in [-0.4, -0.2) is 25.2 Å². The van der Waals surface area contributed by atoms with Crippen LogP contribution in [0.1, 0.15) is 6.42 Å². The van der Waals surface area contributed by atoms with Crippen LogP contribution in [0.3, 0.4) is 0 Å². The molecule has 16 heavy (non-hydrogen) atoms. The molecule has 1 aliphatic rings. The molecule has 1 saturated heterocycles. The normalized spacial score (nSPS) is 19.4. The van der Waals surface area contributed by atoms with Crippen molar-refractivity contribution in [1.82, 2.24) is 10.6 Å². The van der Waals surface area contributed by atoms with Gasteiger partial charge in [-0.2, -0.15) is 0 Å². The average Bonchev–Trinajstić information content (AvgIpc) is 2.74. The summed E-state index contributed by atoms with van der Waals surface area (Å²) in [6, 6.07) is 5.87. The molecule has 0 aromatic heterocycles. The molecule has 1 atom stereocenters. The third kappa shape index (κ3) is 2.70. The number of rotatable bonds is 2. The number of hydrogen-bond donors (Lipinski definition) is 3. The summed E-state index contributed by atoms with van der Waals surface area (Å²) in [5, 5.41) is 8.40. The molecule has 0 spiro atoms. The Morgan fingerprint density at radius 3 is 2.94 bits per heavy atom. The Balaban J connectivity index is 1.89. The van der Waals surface area contributed by atoms with Crippen molar-refractivity contribution in [3.8, 4) is 0 Å². The number of para-hydroxylation sites is 1. The van der Waals surface area contributed by atoms with Gasteiger partial charge in [0.05, 0.1) is 5.69 Å². The van der Waals surface area contributed by atoms with E-state index >= 15 is 0 Å². The van der Waals surface area contributed by atoms with Crippen molar-refractivity contribution in [1.29, 1.82) is 0 Å². The van der Waals surface area contributed by atoms with Gasteiger partial charge in [-0.05, 0) is 25.1 Å². The van der Waals surface area contributed by atoms with Crippen molar-refractivity contribution in [2.24, 2.45) is 0 Å². The molecule has 1 aromatic carbocycles. The molecular weight excluding hydrogens is 209 g/mol. The Labute approximate surface area is 93.2 Å². The summed E-state index contributed by atoms with van der Waals surface area (Å²) in [6.07, 6.45) is 0.907. The second-order valence-corrected chi connectivity index (χ2v) is 3.77. The second kappa shape index (κ2) is 4.94. The number of carbonyl (C=O) groups excluding carboxylic acids is 1. The van der Waals surface area contributed by atoms with E-state index < -0.39 is 5.82 Å². The predicted octanol–water partition coefficient (Wildman–Crippen LogP) is 1.31. The third-order valence-electron chi connectivity index (χ3n) is 2.52. The van der Waals surface area contributed by atoms with E-state index in [0.29, 0.717) is 0 Å². The van der Waals surface area contributed by atoms with Crippen LogP contribution in [0.2, 0.25) is 0 Å². The molecule has 3 N–H and O–H groups in total. The first-order valence-corrected chi connectivity index (χ1v) is 5.28. The van der Waals surface area contributed by atoms with Crippen molar-refractivity contribution < 1.29 is 9.18 Å². The molecule has 5 heteroatoms. The highest BCUT2D eigenvalue weighted by Gasteiger charge is 2.16. The topological polar surface area (TPSA) is 53.2 Å². The van der Waals surface area contributed by atoms with Crippen molar-refractivity contribution in [2.75, 3.05) is 18.4 Å². The number of benzene rings is 1. The van der Waals surface area contributed by atoms with Gasteiger partial charge in [0, 0.05) is 12.6 Å². The van der Waals surface area contributed by atoms with Gasteiger partial charge in [0.25, 0.3) is 0 Å². The Morgan fingerprint density at radius 1 is 1.44 bits per heavy atom. The minimum Gasteiger partial charge on any atom is -0.334 e. The maximum absolute atomic E-state index is 13.2. The van der Waals surface area contributed by atoms with Crippen LogP contribution in [0.25, 0.3) is 0 Å². The van der Waals surface area contributed by atoms with E-state index in [1.54, 1.807) is 12.1 Å². The van der Waals surface area contributed by atoms with Crippen molar-refractivity contribution in [3.05, 3.63) is 30.1 Å². The van der Waals surface area contributed by atoms with Gasteiger partial charge in [0.1, 0.15) is 5.82 Å². The van der Waals surface area contributed by atoms with Gasteiger partial charge < -0.3 is 16.0 Å². The summed E-state index contributed by atoms with van der Waals surface area (Å²) < 4.78 is 13.2. The molecule has 2 rings (SSSR count). The zero-order valence-electron chi connectivity index (χ0n) is 8.79. The monoisotopic (exact) mass is 223 g/mol. The predicted molar refractivity (Wildman–Crippen MR) is 59.8 cm³/mol. The first-order chi connectivity index (χ1) is 7.75. The fourth-order valence-corrected chi connectivity index (χ4v) is 1.68. The maximum atomic E-state index is 13.2. The highest BCUT2D eigenvalue weighted by Crippen LogP contribution is 2.12. The van der Waals surface area contributed by atoms with Gasteiger partial charge in [-0.1, -0.05) is 12.1 Å². The van der Waals surface area contributed by atoms with Gasteiger partial charge in [-0.3, -0.25) is 0 Å². The van der Waals surface area contributed by atoms with Crippen LogP contribution in [0.5, 0.6) is 0 Å². The van der Waals surface area contributed by atoms with E-state index in [9.17, 15) is 9.18 Å². The second-order valence-electron chi connectivity index (χ2n) is 3.77. The molecule has 4 nitrogen and oxygen atoms in total.